The predicted octanol–water partition coefficient (Wildman–Crippen LogP) is 5.50. The Morgan fingerprint density at radius 1 is 1.21 bits per heavy atom. The fraction of sp³-hybridized carbons (Fsp3) is 0.316. The second-order valence-electron chi connectivity index (χ2n) is 6.99. The Morgan fingerprint density at radius 3 is 2.54 bits per heavy atom. The number of fused-ring (bicyclic) bond motifs is 3. The van der Waals surface area contributed by atoms with Gasteiger partial charge in [-0.1, -0.05) is 22.0 Å². The minimum Gasteiger partial charge on any atom is -0.281 e. The Labute approximate surface area is 165 Å². The van der Waals surface area contributed by atoms with Crippen molar-refractivity contribution >= 4 is 26.8 Å². The number of alkyl halides is 3. The number of halogens is 6. The zero-order valence-corrected chi connectivity index (χ0v) is 16.2. The van der Waals surface area contributed by atoms with Crippen molar-refractivity contribution in [1.82, 2.24) is 15.1 Å². The van der Waals surface area contributed by atoms with Crippen molar-refractivity contribution in [2.75, 3.05) is 6.54 Å². The molecule has 3 aromatic rings. The van der Waals surface area contributed by atoms with Gasteiger partial charge in [0.05, 0.1) is 24.3 Å². The smallest absolute Gasteiger partial charge is 0.281 e. The van der Waals surface area contributed by atoms with E-state index in [1.54, 1.807) is 25.3 Å². The van der Waals surface area contributed by atoms with Crippen molar-refractivity contribution in [1.29, 1.82) is 0 Å². The average Bonchev–Trinajstić information content (AvgIpc) is 3.04. The lowest BCUT2D eigenvalue weighted by Crippen LogP contribution is -2.47. The molecular weight excluding hydrogens is 445 g/mol. The van der Waals surface area contributed by atoms with Gasteiger partial charge in [0.15, 0.2) is 0 Å². The van der Waals surface area contributed by atoms with E-state index in [0.717, 1.165) is 33.5 Å². The second-order valence-corrected chi connectivity index (χ2v) is 7.91. The van der Waals surface area contributed by atoms with Crippen LogP contribution in [0.4, 0.5) is 22.0 Å². The van der Waals surface area contributed by atoms with Gasteiger partial charge in [-0.05, 0) is 42.7 Å². The third-order valence-electron chi connectivity index (χ3n) is 5.14. The lowest BCUT2D eigenvalue weighted by molar-refractivity contribution is -0.155. The number of H-pyrrole nitrogens is 1. The maximum absolute atomic E-state index is 14.8. The van der Waals surface area contributed by atoms with Gasteiger partial charge in [-0.15, -0.1) is 0 Å². The standard InChI is InChI=1S/C19H15BrF5N3/c1-9-4-12-11(2-3-16-13(12)7-26-27-16)18(28(9)8-19(23,24)25)17-14(21)5-10(20)6-15(17)22/h2-3,5-7,9,18H,4,8H2,1H3,(H,26,27)/t9-,18?/m1/s1. The molecule has 0 amide bonds. The molecule has 1 N–H and O–H groups in total. The van der Waals surface area contributed by atoms with Crippen LogP contribution in [0.15, 0.2) is 34.9 Å². The van der Waals surface area contributed by atoms with Crippen molar-refractivity contribution in [3.63, 3.8) is 0 Å². The zero-order chi connectivity index (χ0) is 20.2. The maximum Gasteiger partial charge on any atom is 0.401 e. The van der Waals surface area contributed by atoms with E-state index in [4.69, 9.17) is 0 Å². The number of aromatic amines is 1. The summed E-state index contributed by atoms with van der Waals surface area (Å²) in [6.07, 6.45) is -2.60. The first kappa shape index (κ1) is 19.3. The van der Waals surface area contributed by atoms with Crippen molar-refractivity contribution in [3.05, 3.63) is 63.3 Å². The molecule has 0 bridgehead atoms. The van der Waals surface area contributed by atoms with Gasteiger partial charge in [0.1, 0.15) is 11.6 Å². The summed E-state index contributed by atoms with van der Waals surface area (Å²) in [5, 5.41) is 7.55. The summed E-state index contributed by atoms with van der Waals surface area (Å²) in [6.45, 7) is 0.367. The number of benzene rings is 2. The van der Waals surface area contributed by atoms with E-state index in [0.29, 0.717) is 12.0 Å². The molecule has 148 valence electrons. The van der Waals surface area contributed by atoms with E-state index in [-0.39, 0.29) is 10.0 Å². The van der Waals surface area contributed by atoms with Crippen LogP contribution in [0.2, 0.25) is 0 Å². The van der Waals surface area contributed by atoms with Crippen LogP contribution in [0.5, 0.6) is 0 Å². The summed E-state index contributed by atoms with van der Waals surface area (Å²) in [6, 6.07) is 3.65. The maximum atomic E-state index is 14.8. The van der Waals surface area contributed by atoms with Gasteiger partial charge in [-0.2, -0.15) is 18.3 Å². The molecule has 0 fully saturated rings. The van der Waals surface area contributed by atoms with Crippen LogP contribution in [-0.2, 0) is 6.42 Å². The quantitative estimate of drug-likeness (QED) is 0.513. The monoisotopic (exact) mass is 459 g/mol. The van der Waals surface area contributed by atoms with Gasteiger partial charge < -0.3 is 0 Å². The molecule has 0 aliphatic carbocycles. The summed E-state index contributed by atoms with van der Waals surface area (Å²) >= 11 is 3.02. The highest BCUT2D eigenvalue weighted by Crippen LogP contribution is 2.43. The molecule has 2 atom stereocenters. The lowest BCUT2D eigenvalue weighted by Gasteiger charge is -2.42. The average molecular weight is 460 g/mol. The molecule has 4 rings (SSSR count). The molecule has 0 saturated heterocycles. The summed E-state index contributed by atoms with van der Waals surface area (Å²) in [5.74, 6) is -1.78. The molecule has 0 saturated carbocycles. The number of aromatic nitrogens is 2. The predicted molar refractivity (Wildman–Crippen MR) is 97.9 cm³/mol. The normalized spacial score (nSPS) is 20.5. The molecule has 1 aromatic heterocycles. The third-order valence-corrected chi connectivity index (χ3v) is 5.60. The van der Waals surface area contributed by atoms with E-state index in [1.807, 2.05) is 0 Å². The number of hydrogen-bond acceptors (Lipinski definition) is 2. The number of rotatable bonds is 2. The molecule has 28 heavy (non-hydrogen) atoms. The summed E-state index contributed by atoms with van der Waals surface area (Å²) in [4.78, 5) is 1.11. The minimum atomic E-state index is -4.51. The zero-order valence-electron chi connectivity index (χ0n) is 14.6. The Balaban J connectivity index is 1.97. The van der Waals surface area contributed by atoms with E-state index >= 15 is 0 Å². The summed E-state index contributed by atoms with van der Waals surface area (Å²) in [5.41, 5.74) is 1.55. The van der Waals surface area contributed by atoms with E-state index in [1.165, 1.54) is 0 Å². The van der Waals surface area contributed by atoms with Crippen LogP contribution in [0.1, 0.15) is 29.7 Å². The summed E-state index contributed by atoms with van der Waals surface area (Å²) in [7, 11) is 0. The molecule has 0 radical (unpaired) electrons. The molecular formula is C19H15BrF5N3. The first-order valence-corrected chi connectivity index (χ1v) is 9.37. The second kappa shape index (κ2) is 6.81. The minimum absolute atomic E-state index is 0.183. The van der Waals surface area contributed by atoms with Gasteiger partial charge in [0.2, 0.25) is 0 Å². The highest BCUT2D eigenvalue weighted by molar-refractivity contribution is 9.10. The van der Waals surface area contributed by atoms with Gasteiger partial charge in [-0.3, -0.25) is 10.00 Å². The van der Waals surface area contributed by atoms with Crippen molar-refractivity contribution in [2.45, 2.75) is 31.6 Å². The van der Waals surface area contributed by atoms with Gasteiger partial charge in [0.25, 0.3) is 0 Å². The van der Waals surface area contributed by atoms with Gasteiger partial charge in [-0.25, -0.2) is 8.78 Å². The van der Waals surface area contributed by atoms with Crippen LogP contribution in [-0.4, -0.2) is 33.9 Å². The Bertz CT molecular complexity index is 1020. The molecule has 2 aromatic carbocycles. The molecule has 1 unspecified atom stereocenters. The van der Waals surface area contributed by atoms with E-state index in [9.17, 15) is 22.0 Å². The van der Waals surface area contributed by atoms with Crippen molar-refractivity contribution in [3.8, 4) is 0 Å². The Kier molecular flexibility index (Phi) is 4.70. The number of hydrogen-bond donors (Lipinski definition) is 1. The van der Waals surface area contributed by atoms with Crippen LogP contribution in [0.3, 0.4) is 0 Å². The van der Waals surface area contributed by atoms with Crippen molar-refractivity contribution in [2.24, 2.45) is 0 Å². The van der Waals surface area contributed by atoms with Crippen molar-refractivity contribution < 1.29 is 22.0 Å². The fourth-order valence-electron chi connectivity index (χ4n) is 4.01. The first-order valence-electron chi connectivity index (χ1n) is 8.57. The fourth-order valence-corrected chi connectivity index (χ4v) is 4.41. The molecule has 1 aliphatic rings. The molecule has 2 heterocycles. The van der Waals surface area contributed by atoms with Crippen LogP contribution < -0.4 is 0 Å². The number of nitrogens with zero attached hydrogens (tertiary/aromatic N) is 2. The van der Waals surface area contributed by atoms with Crippen LogP contribution >= 0.6 is 15.9 Å². The lowest BCUT2D eigenvalue weighted by atomic mass is 9.83. The molecule has 9 heteroatoms. The first-order chi connectivity index (χ1) is 13.2. The third kappa shape index (κ3) is 3.30. The molecule has 1 aliphatic heterocycles. The van der Waals surface area contributed by atoms with Gasteiger partial charge in [0, 0.05) is 21.5 Å². The molecule has 0 spiro atoms. The Morgan fingerprint density at radius 2 is 1.89 bits per heavy atom. The van der Waals surface area contributed by atoms with Crippen LogP contribution in [0, 0.1) is 11.6 Å². The topological polar surface area (TPSA) is 31.9 Å². The highest BCUT2D eigenvalue weighted by atomic mass is 79.9. The van der Waals surface area contributed by atoms with E-state index in [2.05, 4.69) is 26.1 Å². The molecule has 3 nitrogen and oxygen atoms in total. The highest BCUT2D eigenvalue weighted by Gasteiger charge is 2.42. The number of nitrogens with one attached hydrogen (secondary N) is 1. The van der Waals surface area contributed by atoms with E-state index < -0.39 is 36.4 Å². The summed E-state index contributed by atoms with van der Waals surface area (Å²) < 4.78 is 69.6. The Hall–Kier alpha value is -2.00. The SMILES string of the molecule is C[C@@H]1Cc2c(ccc3[nH]ncc23)C(c2c(F)cc(Br)cc2F)N1CC(F)(F)F. The largest absolute Gasteiger partial charge is 0.401 e. The van der Waals surface area contributed by atoms with Crippen LogP contribution in [0.25, 0.3) is 10.9 Å². The van der Waals surface area contributed by atoms with Gasteiger partial charge >= 0.3 is 6.18 Å².